The Morgan fingerprint density at radius 2 is 0.857 bits per heavy atom. The quantitative estimate of drug-likeness (QED) is 0.207. The summed E-state index contributed by atoms with van der Waals surface area (Å²) in [6.45, 7) is 0. The van der Waals surface area contributed by atoms with Gasteiger partial charge >= 0.3 is 96.8 Å². The monoisotopic (exact) mass is 250 g/mol. The molecule has 62 valence electrons. The van der Waals surface area contributed by atoms with Crippen molar-refractivity contribution in [3.05, 3.63) is 0 Å². The van der Waals surface area contributed by atoms with Crippen molar-refractivity contribution < 1.29 is 135 Å². The average Bonchev–Trinajstić information content (AvgIpc) is 1.57. The molecular formula is Li2Na2O8P2. The van der Waals surface area contributed by atoms with Crippen molar-refractivity contribution in [3.8, 4) is 0 Å². The molecule has 0 N–H and O–H groups in total. The molecule has 0 aromatic rings. The number of rotatable bonds is 3. The van der Waals surface area contributed by atoms with Gasteiger partial charge in [-0.1, -0.05) is 0 Å². The second-order valence-electron chi connectivity index (χ2n) is 1.04. The molecule has 0 bridgehead atoms. The van der Waals surface area contributed by atoms with Gasteiger partial charge in [0, 0.05) is 0 Å². The zero-order chi connectivity index (χ0) is 8.41. The SMILES string of the molecule is O=P([O-])([O-])OOP(=O)([O-])[O-].[Li+].[Li+].[Na+].[Na+]. The van der Waals surface area contributed by atoms with Crippen LogP contribution in [0, 0.1) is 0 Å². The Hall–Kier alpha value is 3.41. The first-order chi connectivity index (χ1) is 4.21. The maximum absolute atomic E-state index is 9.40. The van der Waals surface area contributed by atoms with E-state index in [1.165, 1.54) is 0 Å². The molecule has 0 aliphatic rings. The molecule has 8 nitrogen and oxygen atoms in total. The standard InChI is InChI=1S/2Li.2Na.H4O8P2/c;;;;1-9(2,3)7-8-10(4,5)6/h;;;;(H2,1,2,3)(H2,4,5,6)/q4*+1;/p-4. The van der Waals surface area contributed by atoms with E-state index in [0.29, 0.717) is 0 Å². The molecule has 0 saturated carbocycles. The molecule has 0 unspecified atom stereocenters. The van der Waals surface area contributed by atoms with Crippen molar-refractivity contribution >= 4 is 15.6 Å². The largest absolute Gasteiger partial charge is 1.00 e. The number of hydrogen-bond donors (Lipinski definition) is 0. The first-order valence-corrected chi connectivity index (χ1v) is 4.55. The minimum Gasteiger partial charge on any atom is -0.788 e. The normalized spacial score (nSPS) is 9.71. The Morgan fingerprint density at radius 3 is 0.929 bits per heavy atom. The number of hydrogen-bond acceptors (Lipinski definition) is 8. The zero-order valence-electron chi connectivity index (χ0n) is 8.16. The molecule has 0 aliphatic heterocycles. The molecule has 0 radical (unpaired) electrons. The van der Waals surface area contributed by atoms with Crippen molar-refractivity contribution in [1.29, 1.82) is 0 Å². The fourth-order valence-electron chi connectivity index (χ4n) is 0.0816. The van der Waals surface area contributed by atoms with E-state index in [0.717, 1.165) is 0 Å². The van der Waals surface area contributed by atoms with Crippen LogP contribution < -0.4 is 116 Å². The summed E-state index contributed by atoms with van der Waals surface area (Å²) in [6.07, 6.45) is 0. The van der Waals surface area contributed by atoms with Crippen LogP contribution in [0.3, 0.4) is 0 Å². The minimum absolute atomic E-state index is 0. The fourth-order valence-corrected chi connectivity index (χ4v) is 0.735. The predicted molar refractivity (Wildman–Crippen MR) is 17.4 cm³/mol. The summed E-state index contributed by atoms with van der Waals surface area (Å²) in [6, 6.07) is 0. The van der Waals surface area contributed by atoms with Crippen molar-refractivity contribution in [3.63, 3.8) is 0 Å². The molecule has 0 spiro atoms. The molecule has 0 amide bonds. The van der Waals surface area contributed by atoms with Crippen molar-refractivity contribution in [1.82, 2.24) is 0 Å². The zero-order valence-corrected chi connectivity index (χ0v) is 13.9. The molecule has 0 heterocycles. The van der Waals surface area contributed by atoms with E-state index in [4.69, 9.17) is 0 Å². The number of phosphoric acid groups is 2. The van der Waals surface area contributed by atoms with Gasteiger partial charge in [-0.2, -0.15) is 0 Å². The Kier molecular flexibility index (Phi) is 28.0. The van der Waals surface area contributed by atoms with E-state index in [1.54, 1.807) is 0 Å². The minimum atomic E-state index is -5.56. The van der Waals surface area contributed by atoms with Gasteiger partial charge in [-0.25, -0.2) is 9.35 Å². The summed E-state index contributed by atoms with van der Waals surface area (Å²) in [7, 11) is -11.1. The Labute approximate surface area is 148 Å². The first-order valence-electron chi connectivity index (χ1n) is 1.63. The van der Waals surface area contributed by atoms with Gasteiger partial charge in [0.1, 0.15) is 15.6 Å². The van der Waals surface area contributed by atoms with E-state index >= 15 is 0 Å². The van der Waals surface area contributed by atoms with Crippen LogP contribution in [-0.4, -0.2) is 0 Å². The third kappa shape index (κ3) is 29.5. The van der Waals surface area contributed by atoms with Crippen LogP contribution in [0.15, 0.2) is 0 Å². The summed E-state index contributed by atoms with van der Waals surface area (Å²) in [5.74, 6) is 0. The van der Waals surface area contributed by atoms with Crippen molar-refractivity contribution in [2.24, 2.45) is 0 Å². The van der Waals surface area contributed by atoms with Gasteiger partial charge in [0.2, 0.25) is 0 Å². The van der Waals surface area contributed by atoms with E-state index in [9.17, 15) is 28.7 Å². The Bertz CT molecular complexity index is 174. The van der Waals surface area contributed by atoms with E-state index in [2.05, 4.69) is 9.35 Å². The summed E-state index contributed by atoms with van der Waals surface area (Å²) in [5, 5.41) is 0. The average molecular weight is 250 g/mol. The molecule has 0 rings (SSSR count). The van der Waals surface area contributed by atoms with Gasteiger partial charge < -0.3 is 28.7 Å². The van der Waals surface area contributed by atoms with Gasteiger partial charge in [-0.05, 0) is 0 Å². The topological polar surface area (TPSA) is 145 Å². The predicted octanol–water partition coefficient (Wildman–Crippen LogP) is -15.4. The summed E-state index contributed by atoms with van der Waals surface area (Å²) in [5.41, 5.74) is 0. The summed E-state index contributed by atoms with van der Waals surface area (Å²) in [4.78, 5) is 37.6. The third-order valence-corrected chi connectivity index (χ3v) is 0.848. The van der Waals surface area contributed by atoms with Gasteiger partial charge in [-0.15, -0.1) is 0 Å². The van der Waals surface area contributed by atoms with E-state index in [1.807, 2.05) is 0 Å². The molecule has 0 aromatic heterocycles. The first kappa shape index (κ1) is 30.4. The van der Waals surface area contributed by atoms with Crippen molar-refractivity contribution in [2.75, 3.05) is 0 Å². The fraction of sp³-hybridized carbons (Fsp3) is 0. The maximum Gasteiger partial charge on any atom is 1.00 e. The van der Waals surface area contributed by atoms with Gasteiger partial charge in [0.15, 0.2) is 0 Å². The van der Waals surface area contributed by atoms with Crippen LogP contribution in [0.5, 0.6) is 0 Å². The van der Waals surface area contributed by atoms with Crippen LogP contribution >= 0.6 is 15.6 Å². The van der Waals surface area contributed by atoms with Gasteiger partial charge in [0.05, 0.1) is 0 Å². The smallest absolute Gasteiger partial charge is 0.788 e. The second-order valence-corrected chi connectivity index (χ2v) is 3.13. The molecule has 14 heavy (non-hydrogen) atoms. The van der Waals surface area contributed by atoms with Crippen LogP contribution in [0.1, 0.15) is 0 Å². The van der Waals surface area contributed by atoms with Gasteiger partial charge in [-0.3, -0.25) is 0 Å². The van der Waals surface area contributed by atoms with Crippen LogP contribution in [0.25, 0.3) is 0 Å². The van der Waals surface area contributed by atoms with Crippen LogP contribution in [0.4, 0.5) is 0 Å². The Morgan fingerprint density at radius 1 is 0.714 bits per heavy atom. The van der Waals surface area contributed by atoms with Gasteiger partial charge in [0.25, 0.3) is 0 Å². The molecule has 0 aliphatic carbocycles. The summed E-state index contributed by atoms with van der Waals surface area (Å²) >= 11 is 0. The van der Waals surface area contributed by atoms with Crippen molar-refractivity contribution in [2.45, 2.75) is 0 Å². The van der Waals surface area contributed by atoms with Crippen LogP contribution in [0.2, 0.25) is 0 Å². The maximum atomic E-state index is 9.40. The molecule has 14 heteroatoms. The molecular weight excluding hydrogens is 250 g/mol. The molecule has 0 fully saturated rings. The summed E-state index contributed by atoms with van der Waals surface area (Å²) < 4.78 is 24.1. The molecule has 0 aromatic carbocycles. The van der Waals surface area contributed by atoms with E-state index in [-0.39, 0.29) is 96.8 Å². The third-order valence-electron chi connectivity index (χ3n) is 0.216. The molecule has 0 atom stereocenters. The Balaban J connectivity index is -0.0000000675. The molecule has 0 saturated heterocycles. The van der Waals surface area contributed by atoms with Crippen LogP contribution in [-0.2, 0) is 18.5 Å². The second kappa shape index (κ2) is 12.9. The van der Waals surface area contributed by atoms with E-state index < -0.39 is 15.6 Å².